The van der Waals surface area contributed by atoms with Crippen molar-refractivity contribution in [2.24, 2.45) is 0 Å². The highest BCUT2D eigenvalue weighted by molar-refractivity contribution is 8.00. The van der Waals surface area contributed by atoms with Gasteiger partial charge in [-0.25, -0.2) is 0 Å². The van der Waals surface area contributed by atoms with Gasteiger partial charge in [0.05, 0.1) is 23.9 Å². The summed E-state index contributed by atoms with van der Waals surface area (Å²) in [6.45, 7) is 4.75. The molecule has 0 saturated heterocycles. The fraction of sp³-hybridized carbons (Fsp3) is 0.471. The summed E-state index contributed by atoms with van der Waals surface area (Å²) in [5, 5.41) is 18.5. The molecule has 122 valence electrons. The molecule has 6 heteroatoms. The molecule has 1 heterocycles. The molecule has 0 N–H and O–H groups in total. The van der Waals surface area contributed by atoms with Gasteiger partial charge in [0.2, 0.25) is 0 Å². The van der Waals surface area contributed by atoms with Crippen LogP contribution in [0.1, 0.15) is 37.7 Å². The van der Waals surface area contributed by atoms with Crippen molar-refractivity contribution in [1.29, 1.82) is 5.26 Å². The topological polar surface area (TPSA) is 57.7 Å². The van der Waals surface area contributed by atoms with Crippen molar-refractivity contribution >= 4 is 11.8 Å². The second kappa shape index (κ2) is 8.14. The Morgan fingerprint density at radius 2 is 1.96 bits per heavy atom. The summed E-state index contributed by atoms with van der Waals surface area (Å²) in [6, 6.07) is 12.7. The van der Waals surface area contributed by atoms with Crippen LogP contribution in [-0.2, 0) is 6.54 Å². The summed E-state index contributed by atoms with van der Waals surface area (Å²) < 4.78 is 2.14. The van der Waals surface area contributed by atoms with Gasteiger partial charge in [0.25, 0.3) is 0 Å². The van der Waals surface area contributed by atoms with Crippen molar-refractivity contribution in [2.75, 3.05) is 14.1 Å². The molecular formula is C17H23N5S. The van der Waals surface area contributed by atoms with Gasteiger partial charge in [0, 0.05) is 0 Å². The summed E-state index contributed by atoms with van der Waals surface area (Å²) in [7, 11) is 4.11. The van der Waals surface area contributed by atoms with Crippen molar-refractivity contribution in [3.05, 3.63) is 41.7 Å². The molecule has 1 aromatic heterocycles. The molecule has 0 unspecified atom stereocenters. The molecule has 0 aliphatic rings. The Morgan fingerprint density at radius 1 is 1.26 bits per heavy atom. The van der Waals surface area contributed by atoms with E-state index in [-0.39, 0.29) is 11.3 Å². The maximum absolute atomic E-state index is 9.09. The lowest BCUT2D eigenvalue weighted by atomic mass is 10.2. The predicted molar refractivity (Wildman–Crippen MR) is 93.2 cm³/mol. The Balaban J connectivity index is 2.40. The fourth-order valence-corrected chi connectivity index (χ4v) is 3.25. The summed E-state index contributed by atoms with van der Waals surface area (Å²) in [5.41, 5.74) is 1.20. The number of thioether (sulfide) groups is 1. The largest absolute Gasteiger partial charge is 0.300 e. The van der Waals surface area contributed by atoms with Gasteiger partial charge >= 0.3 is 0 Å². The van der Waals surface area contributed by atoms with E-state index in [4.69, 9.17) is 5.26 Å². The van der Waals surface area contributed by atoms with Gasteiger partial charge in [-0.05, 0) is 33.0 Å². The van der Waals surface area contributed by atoms with Crippen LogP contribution in [0.25, 0.3) is 0 Å². The Kier molecular flexibility index (Phi) is 6.20. The minimum absolute atomic E-state index is 0.152. The standard InChI is InChI=1S/C17H23N5S/c1-5-15(21(3)4)16-19-20-17(23-13(2)11-18)22(16)12-14-9-7-6-8-10-14/h6-10,13,15H,5,12H2,1-4H3/t13-,15+/m1/s1. The van der Waals surface area contributed by atoms with Crippen molar-refractivity contribution in [3.8, 4) is 6.07 Å². The zero-order valence-corrected chi connectivity index (χ0v) is 14.9. The Bertz CT molecular complexity index is 659. The first kappa shape index (κ1) is 17.5. The number of hydrogen-bond acceptors (Lipinski definition) is 5. The molecule has 0 bridgehead atoms. The van der Waals surface area contributed by atoms with Gasteiger partial charge in [-0.2, -0.15) is 5.26 Å². The molecule has 23 heavy (non-hydrogen) atoms. The zero-order chi connectivity index (χ0) is 16.8. The minimum atomic E-state index is -0.152. The Morgan fingerprint density at radius 3 is 2.52 bits per heavy atom. The summed E-state index contributed by atoms with van der Waals surface area (Å²) in [4.78, 5) is 2.16. The molecule has 5 nitrogen and oxygen atoms in total. The van der Waals surface area contributed by atoms with E-state index in [1.165, 1.54) is 17.3 Å². The minimum Gasteiger partial charge on any atom is -0.300 e. The molecule has 0 saturated carbocycles. The van der Waals surface area contributed by atoms with E-state index in [1.54, 1.807) is 0 Å². The Hall–Kier alpha value is -1.84. The molecule has 1 aromatic carbocycles. The van der Waals surface area contributed by atoms with Crippen LogP contribution in [0.3, 0.4) is 0 Å². The smallest absolute Gasteiger partial charge is 0.192 e. The van der Waals surface area contributed by atoms with Crippen molar-refractivity contribution in [2.45, 2.75) is 43.3 Å². The molecule has 2 aromatic rings. The van der Waals surface area contributed by atoms with Gasteiger partial charge < -0.3 is 4.57 Å². The SMILES string of the molecule is CC[C@@H](c1nnc(S[C@H](C)C#N)n1Cc1ccccc1)N(C)C. The van der Waals surface area contributed by atoms with E-state index >= 15 is 0 Å². The van der Waals surface area contributed by atoms with Crippen LogP contribution in [0, 0.1) is 11.3 Å². The highest BCUT2D eigenvalue weighted by Crippen LogP contribution is 2.28. The highest BCUT2D eigenvalue weighted by Gasteiger charge is 2.23. The number of aromatic nitrogens is 3. The zero-order valence-electron chi connectivity index (χ0n) is 14.1. The number of nitriles is 1. The van der Waals surface area contributed by atoms with Crippen LogP contribution in [-0.4, -0.2) is 39.0 Å². The number of benzene rings is 1. The fourth-order valence-electron chi connectivity index (χ4n) is 2.51. The van der Waals surface area contributed by atoms with Gasteiger partial charge in [0.1, 0.15) is 0 Å². The van der Waals surface area contributed by atoms with Crippen LogP contribution in [0.15, 0.2) is 35.5 Å². The van der Waals surface area contributed by atoms with E-state index in [2.05, 4.69) is 58.9 Å². The van der Waals surface area contributed by atoms with Crippen LogP contribution >= 0.6 is 11.8 Å². The predicted octanol–water partition coefficient (Wildman–Crippen LogP) is 3.34. The average Bonchev–Trinajstić information content (AvgIpc) is 2.91. The molecular weight excluding hydrogens is 306 g/mol. The van der Waals surface area contributed by atoms with Crippen molar-refractivity contribution in [1.82, 2.24) is 19.7 Å². The first-order valence-corrected chi connectivity index (χ1v) is 8.64. The normalized spacial score (nSPS) is 13.7. The van der Waals surface area contributed by atoms with Crippen LogP contribution in [0.5, 0.6) is 0 Å². The highest BCUT2D eigenvalue weighted by atomic mass is 32.2. The third-order valence-corrected chi connectivity index (χ3v) is 4.67. The maximum Gasteiger partial charge on any atom is 0.192 e. The molecule has 2 rings (SSSR count). The molecule has 0 fully saturated rings. The lowest BCUT2D eigenvalue weighted by Gasteiger charge is -2.23. The molecule has 2 atom stereocenters. The van der Waals surface area contributed by atoms with E-state index in [0.29, 0.717) is 6.54 Å². The lowest BCUT2D eigenvalue weighted by molar-refractivity contribution is 0.272. The summed E-state index contributed by atoms with van der Waals surface area (Å²) in [5.74, 6) is 0.953. The summed E-state index contributed by atoms with van der Waals surface area (Å²) in [6.07, 6.45) is 0.957. The van der Waals surface area contributed by atoms with E-state index < -0.39 is 0 Å². The second-order valence-corrected chi connectivity index (χ2v) is 7.00. The molecule has 0 aliphatic carbocycles. The first-order chi connectivity index (χ1) is 11.1. The average molecular weight is 329 g/mol. The molecule has 0 spiro atoms. The Labute approximate surface area is 142 Å². The van der Waals surface area contributed by atoms with Gasteiger partial charge in [-0.3, -0.25) is 4.90 Å². The summed E-state index contributed by atoms with van der Waals surface area (Å²) >= 11 is 1.46. The number of nitrogens with zero attached hydrogens (tertiary/aromatic N) is 5. The van der Waals surface area contributed by atoms with E-state index in [1.807, 2.05) is 25.1 Å². The third kappa shape index (κ3) is 4.34. The quantitative estimate of drug-likeness (QED) is 0.729. The number of hydrogen-bond donors (Lipinski definition) is 0. The van der Waals surface area contributed by atoms with Gasteiger partial charge in [-0.1, -0.05) is 49.0 Å². The van der Waals surface area contributed by atoms with Crippen molar-refractivity contribution in [3.63, 3.8) is 0 Å². The third-order valence-electron chi connectivity index (χ3n) is 3.70. The molecule has 0 radical (unpaired) electrons. The van der Waals surface area contributed by atoms with E-state index in [0.717, 1.165) is 17.4 Å². The van der Waals surface area contributed by atoms with Gasteiger partial charge in [-0.15, -0.1) is 10.2 Å². The first-order valence-electron chi connectivity index (χ1n) is 7.76. The lowest BCUT2D eigenvalue weighted by Crippen LogP contribution is -2.23. The number of rotatable bonds is 7. The monoisotopic (exact) mass is 329 g/mol. The molecule has 0 aliphatic heterocycles. The van der Waals surface area contributed by atoms with Crippen LogP contribution in [0.2, 0.25) is 0 Å². The van der Waals surface area contributed by atoms with Crippen molar-refractivity contribution < 1.29 is 0 Å². The van der Waals surface area contributed by atoms with Crippen LogP contribution < -0.4 is 0 Å². The second-order valence-electron chi connectivity index (χ2n) is 5.69. The maximum atomic E-state index is 9.09. The molecule has 0 amide bonds. The van der Waals surface area contributed by atoms with Gasteiger partial charge in [0.15, 0.2) is 11.0 Å². The van der Waals surface area contributed by atoms with Crippen LogP contribution in [0.4, 0.5) is 0 Å². The van der Waals surface area contributed by atoms with E-state index in [9.17, 15) is 0 Å².